The molecule has 2 heterocycles. The van der Waals surface area contributed by atoms with E-state index in [1.54, 1.807) is 0 Å². The third kappa shape index (κ3) is 3.23. The molecule has 2 atom stereocenters. The first-order valence-electron chi connectivity index (χ1n) is 9.64. The lowest BCUT2D eigenvalue weighted by Gasteiger charge is -2.49. The van der Waals surface area contributed by atoms with Crippen molar-refractivity contribution in [1.29, 1.82) is 0 Å². The Bertz CT molecular complexity index is 571. The Hall–Kier alpha value is -1.00. The van der Waals surface area contributed by atoms with E-state index in [2.05, 4.69) is 9.80 Å². The Morgan fingerprint density at radius 1 is 0.917 bits per heavy atom. The van der Waals surface area contributed by atoms with E-state index in [0.29, 0.717) is 24.2 Å². The van der Waals surface area contributed by atoms with Crippen molar-refractivity contribution in [2.45, 2.75) is 63.6 Å². The molecule has 24 heavy (non-hydrogen) atoms. The lowest BCUT2D eigenvalue weighted by Crippen LogP contribution is -2.59. The summed E-state index contributed by atoms with van der Waals surface area (Å²) in [5.41, 5.74) is 0.516. The van der Waals surface area contributed by atoms with Crippen LogP contribution in [0.1, 0.15) is 50.5 Å². The fourth-order valence-corrected chi connectivity index (χ4v) is 5.32. The van der Waals surface area contributed by atoms with Crippen LogP contribution in [0.5, 0.6) is 0 Å². The molecular weight excluding hydrogens is 306 g/mol. The molecule has 3 aliphatic rings. The van der Waals surface area contributed by atoms with Gasteiger partial charge in [0, 0.05) is 37.3 Å². The van der Waals surface area contributed by atoms with Gasteiger partial charge in [-0.15, -0.1) is 0 Å². The quantitative estimate of drug-likeness (QED) is 0.818. The zero-order chi connectivity index (χ0) is 16.5. The van der Waals surface area contributed by atoms with Gasteiger partial charge in [-0.25, -0.2) is 8.78 Å². The van der Waals surface area contributed by atoms with Crippen LogP contribution in [0.2, 0.25) is 0 Å². The number of halogens is 2. The summed E-state index contributed by atoms with van der Waals surface area (Å²) in [5.74, 6) is 0.119. The summed E-state index contributed by atoms with van der Waals surface area (Å²) in [4.78, 5) is 5.12. The van der Waals surface area contributed by atoms with Crippen LogP contribution in [0, 0.1) is 17.6 Å². The molecule has 1 aliphatic carbocycles. The zero-order valence-electron chi connectivity index (χ0n) is 14.4. The summed E-state index contributed by atoms with van der Waals surface area (Å²) >= 11 is 0. The fraction of sp³-hybridized carbons (Fsp3) is 0.700. The van der Waals surface area contributed by atoms with Gasteiger partial charge in [0.25, 0.3) is 0 Å². The summed E-state index contributed by atoms with van der Waals surface area (Å²) in [6.45, 7) is 3.82. The van der Waals surface area contributed by atoms with E-state index in [4.69, 9.17) is 0 Å². The largest absolute Gasteiger partial charge is 0.298 e. The molecule has 4 heteroatoms. The molecule has 2 nitrogen and oxygen atoms in total. The Labute approximate surface area is 143 Å². The fourth-order valence-electron chi connectivity index (χ4n) is 5.32. The maximum atomic E-state index is 14.2. The number of fused-ring (bicyclic) bond motifs is 1. The first-order chi connectivity index (χ1) is 11.7. The molecule has 1 aromatic carbocycles. The summed E-state index contributed by atoms with van der Waals surface area (Å²) in [5, 5.41) is 0. The van der Waals surface area contributed by atoms with Crippen LogP contribution < -0.4 is 0 Å². The van der Waals surface area contributed by atoms with Gasteiger partial charge in [-0.1, -0.05) is 19.3 Å². The molecular formula is C20H28F2N2. The minimum atomic E-state index is -0.333. The normalized spacial score (nSPS) is 29.8. The summed E-state index contributed by atoms with van der Waals surface area (Å²) in [6.07, 6.45) is 9.18. The van der Waals surface area contributed by atoms with Crippen molar-refractivity contribution >= 4 is 0 Å². The minimum absolute atomic E-state index is 0.271. The molecule has 0 amide bonds. The summed E-state index contributed by atoms with van der Waals surface area (Å²) < 4.78 is 27.7. The van der Waals surface area contributed by atoms with Crippen molar-refractivity contribution in [2.75, 3.05) is 19.6 Å². The van der Waals surface area contributed by atoms with Crippen LogP contribution >= 0.6 is 0 Å². The molecule has 3 fully saturated rings. The van der Waals surface area contributed by atoms with E-state index in [-0.39, 0.29) is 11.6 Å². The maximum Gasteiger partial charge on any atom is 0.127 e. The number of rotatable bonds is 3. The number of benzene rings is 1. The monoisotopic (exact) mass is 334 g/mol. The highest BCUT2D eigenvalue weighted by molar-refractivity contribution is 5.19. The summed E-state index contributed by atoms with van der Waals surface area (Å²) in [6, 6.07) is 5.01. The Morgan fingerprint density at radius 3 is 2.58 bits per heavy atom. The Morgan fingerprint density at radius 2 is 1.75 bits per heavy atom. The van der Waals surface area contributed by atoms with E-state index in [9.17, 15) is 8.78 Å². The van der Waals surface area contributed by atoms with Gasteiger partial charge >= 0.3 is 0 Å². The highest BCUT2D eigenvalue weighted by Crippen LogP contribution is 2.38. The second-order valence-electron chi connectivity index (χ2n) is 7.84. The predicted octanol–water partition coefficient (Wildman–Crippen LogP) is 4.19. The van der Waals surface area contributed by atoms with Crippen LogP contribution in [-0.2, 0) is 6.54 Å². The zero-order valence-corrected chi connectivity index (χ0v) is 14.4. The van der Waals surface area contributed by atoms with E-state index in [0.717, 1.165) is 19.0 Å². The average Bonchev–Trinajstić information content (AvgIpc) is 3.07. The van der Waals surface area contributed by atoms with Gasteiger partial charge < -0.3 is 0 Å². The van der Waals surface area contributed by atoms with Gasteiger partial charge in [-0.05, 0) is 56.3 Å². The molecule has 0 radical (unpaired) electrons. The molecule has 0 N–H and O–H groups in total. The number of nitrogens with zero attached hydrogens (tertiary/aromatic N) is 2. The van der Waals surface area contributed by atoms with Crippen LogP contribution in [0.4, 0.5) is 8.78 Å². The van der Waals surface area contributed by atoms with E-state index in [1.807, 2.05) is 0 Å². The van der Waals surface area contributed by atoms with Crippen LogP contribution in [0.25, 0.3) is 0 Å². The molecule has 0 bridgehead atoms. The number of piperazine rings is 1. The second-order valence-corrected chi connectivity index (χ2v) is 7.84. The highest BCUT2D eigenvalue weighted by Gasteiger charge is 2.43. The van der Waals surface area contributed by atoms with Crippen LogP contribution in [-0.4, -0.2) is 41.5 Å². The highest BCUT2D eigenvalue weighted by atomic mass is 19.1. The van der Waals surface area contributed by atoms with E-state index < -0.39 is 0 Å². The number of hydrogen-bond donors (Lipinski definition) is 0. The van der Waals surface area contributed by atoms with Gasteiger partial charge in [0.2, 0.25) is 0 Å². The van der Waals surface area contributed by atoms with E-state index in [1.165, 1.54) is 69.7 Å². The van der Waals surface area contributed by atoms with Gasteiger partial charge in [0.05, 0.1) is 0 Å². The van der Waals surface area contributed by atoms with Crippen molar-refractivity contribution in [3.63, 3.8) is 0 Å². The standard InChI is InChI=1S/C20H28F2N2/c21-17-8-9-18(22)16(13-17)14-24-12-11-23-10-4-7-19(23)20(24)15-5-2-1-3-6-15/h8-9,13,15,19-20H,1-7,10-12,14H2/t19-,20+/m0/s1. The molecule has 0 aromatic heterocycles. The minimum Gasteiger partial charge on any atom is -0.298 e. The van der Waals surface area contributed by atoms with Crippen LogP contribution in [0.3, 0.4) is 0 Å². The number of hydrogen-bond acceptors (Lipinski definition) is 2. The van der Waals surface area contributed by atoms with Crippen molar-refractivity contribution in [3.05, 3.63) is 35.4 Å². The van der Waals surface area contributed by atoms with E-state index >= 15 is 0 Å². The molecule has 1 aromatic rings. The van der Waals surface area contributed by atoms with Crippen molar-refractivity contribution < 1.29 is 8.78 Å². The Kier molecular flexibility index (Phi) is 4.86. The van der Waals surface area contributed by atoms with Crippen molar-refractivity contribution in [1.82, 2.24) is 9.80 Å². The Balaban J connectivity index is 1.58. The third-order valence-corrected chi connectivity index (χ3v) is 6.42. The average molecular weight is 334 g/mol. The van der Waals surface area contributed by atoms with Gasteiger partial charge in [-0.3, -0.25) is 9.80 Å². The SMILES string of the molecule is Fc1ccc(F)c(CN2CCN3CCC[C@H]3[C@H]2C2CCCCC2)c1. The lowest BCUT2D eigenvalue weighted by atomic mass is 9.78. The third-order valence-electron chi connectivity index (χ3n) is 6.42. The maximum absolute atomic E-state index is 14.2. The lowest BCUT2D eigenvalue weighted by molar-refractivity contribution is -0.00435. The first-order valence-corrected chi connectivity index (χ1v) is 9.64. The molecule has 4 rings (SSSR count). The second kappa shape index (κ2) is 7.09. The van der Waals surface area contributed by atoms with Crippen LogP contribution in [0.15, 0.2) is 18.2 Å². The molecule has 2 saturated heterocycles. The smallest absolute Gasteiger partial charge is 0.127 e. The van der Waals surface area contributed by atoms with Gasteiger partial charge in [-0.2, -0.15) is 0 Å². The molecule has 0 spiro atoms. The van der Waals surface area contributed by atoms with Crippen molar-refractivity contribution in [3.8, 4) is 0 Å². The predicted molar refractivity (Wildman–Crippen MR) is 91.7 cm³/mol. The molecule has 2 aliphatic heterocycles. The molecule has 1 saturated carbocycles. The summed E-state index contributed by atoms with van der Waals surface area (Å²) in [7, 11) is 0. The van der Waals surface area contributed by atoms with Gasteiger partial charge in [0.1, 0.15) is 11.6 Å². The molecule has 0 unspecified atom stereocenters. The van der Waals surface area contributed by atoms with Crippen molar-refractivity contribution in [2.24, 2.45) is 5.92 Å². The first kappa shape index (κ1) is 16.5. The van der Waals surface area contributed by atoms with Gasteiger partial charge in [0.15, 0.2) is 0 Å². The topological polar surface area (TPSA) is 6.48 Å². The molecule has 132 valence electrons.